The fourth-order valence-corrected chi connectivity index (χ4v) is 1.82. The van der Waals surface area contributed by atoms with Crippen molar-refractivity contribution in [3.8, 4) is 5.75 Å². The van der Waals surface area contributed by atoms with E-state index in [1.807, 2.05) is 24.3 Å². The molecule has 0 aromatic heterocycles. The highest BCUT2D eigenvalue weighted by Crippen LogP contribution is 2.19. The average molecular weight is 242 g/mol. The molecule has 0 atom stereocenters. The Morgan fingerprint density at radius 2 is 1.72 bits per heavy atom. The van der Waals surface area contributed by atoms with Gasteiger partial charge in [0.15, 0.2) is 0 Å². The van der Waals surface area contributed by atoms with Gasteiger partial charge in [-0.25, -0.2) is 0 Å². The van der Waals surface area contributed by atoms with Crippen LogP contribution in [0.3, 0.4) is 0 Å². The maximum absolute atomic E-state index is 9.00. The molecule has 0 aliphatic heterocycles. The Labute approximate surface area is 108 Å². The number of para-hydroxylation sites is 1. The number of aliphatic hydroxyl groups is 1. The lowest BCUT2D eigenvalue weighted by Gasteiger charge is -2.10. The summed E-state index contributed by atoms with van der Waals surface area (Å²) in [5.41, 5.74) is 3.45. The largest absolute Gasteiger partial charge is 0.489 e. The van der Waals surface area contributed by atoms with Crippen molar-refractivity contribution in [2.45, 2.75) is 20.0 Å². The molecule has 0 heterocycles. The molecule has 2 rings (SSSR count). The zero-order chi connectivity index (χ0) is 12.8. The Balaban J connectivity index is 2.03. The monoisotopic (exact) mass is 242 g/mol. The van der Waals surface area contributed by atoms with Crippen LogP contribution in [0.15, 0.2) is 48.5 Å². The van der Waals surface area contributed by atoms with E-state index < -0.39 is 0 Å². The summed E-state index contributed by atoms with van der Waals surface area (Å²) in [5.74, 6) is 0.854. The van der Waals surface area contributed by atoms with Crippen LogP contribution in [-0.4, -0.2) is 11.7 Å². The molecule has 0 bridgehead atoms. The van der Waals surface area contributed by atoms with Crippen molar-refractivity contribution in [2.24, 2.45) is 0 Å². The first-order valence-electron chi connectivity index (χ1n) is 6.16. The summed E-state index contributed by atoms with van der Waals surface area (Å²) < 4.78 is 5.80. The fraction of sp³-hybridized carbons (Fsp3) is 0.250. The van der Waals surface area contributed by atoms with Crippen molar-refractivity contribution < 1.29 is 9.84 Å². The van der Waals surface area contributed by atoms with Crippen LogP contribution < -0.4 is 4.74 Å². The smallest absolute Gasteiger partial charge is 0.123 e. The highest BCUT2D eigenvalue weighted by molar-refractivity contribution is 5.33. The Bertz CT molecular complexity index is 489. The lowest BCUT2D eigenvalue weighted by molar-refractivity contribution is 0.284. The molecular weight excluding hydrogens is 224 g/mol. The molecular formula is C16H18O2. The fourth-order valence-electron chi connectivity index (χ4n) is 1.82. The van der Waals surface area contributed by atoms with E-state index >= 15 is 0 Å². The number of aryl methyl sites for hydroxylation is 1. The molecule has 2 nitrogen and oxygen atoms in total. The van der Waals surface area contributed by atoms with Crippen molar-refractivity contribution in [2.75, 3.05) is 6.61 Å². The normalized spacial score (nSPS) is 10.3. The summed E-state index contributed by atoms with van der Waals surface area (Å²) >= 11 is 0. The molecule has 0 saturated carbocycles. The van der Waals surface area contributed by atoms with Crippen LogP contribution in [0.2, 0.25) is 0 Å². The predicted molar refractivity (Wildman–Crippen MR) is 72.7 cm³/mol. The molecule has 94 valence electrons. The van der Waals surface area contributed by atoms with Gasteiger partial charge in [-0.2, -0.15) is 0 Å². The minimum atomic E-state index is 0.144. The van der Waals surface area contributed by atoms with E-state index in [4.69, 9.17) is 9.84 Å². The van der Waals surface area contributed by atoms with Gasteiger partial charge in [-0.15, -0.1) is 0 Å². The quantitative estimate of drug-likeness (QED) is 0.873. The molecule has 1 N–H and O–H groups in total. The van der Waals surface area contributed by atoms with Gasteiger partial charge in [0, 0.05) is 6.61 Å². The number of benzene rings is 2. The lowest BCUT2D eigenvalue weighted by atomic mass is 10.1. The maximum Gasteiger partial charge on any atom is 0.123 e. The SMILES string of the molecule is Cc1ccc(COc2ccccc2CCO)cc1. The number of rotatable bonds is 5. The molecule has 0 spiro atoms. The van der Waals surface area contributed by atoms with Gasteiger partial charge in [0.05, 0.1) is 0 Å². The van der Waals surface area contributed by atoms with Crippen LogP contribution in [0, 0.1) is 6.92 Å². The van der Waals surface area contributed by atoms with Crippen molar-refractivity contribution in [3.05, 3.63) is 65.2 Å². The van der Waals surface area contributed by atoms with Gasteiger partial charge < -0.3 is 9.84 Å². The zero-order valence-electron chi connectivity index (χ0n) is 10.6. The van der Waals surface area contributed by atoms with E-state index in [1.54, 1.807) is 0 Å². The van der Waals surface area contributed by atoms with E-state index in [9.17, 15) is 0 Å². The summed E-state index contributed by atoms with van der Waals surface area (Å²) in [4.78, 5) is 0. The molecule has 2 heteroatoms. The van der Waals surface area contributed by atoms with Crippen molar-refractivity contribution >= 4 is 0 Å². The molecule has 0 aliphatic carbocycles. The molecule has 2 aromatic rings. The number of hydrogen-bond acceptors (Lipinski definition) is 2. The first-order valence-corrected chi connectivity index (χ1v) is 6.16. The van der Waals surface area contributed by atoms with Crippen LogP contribution in [0.4, 0.5) is 0 Å². The second-order valence-corrected chi connectivity index (χ2v) is 4.36. The Kier molecular flexibility index (Phi) is 4.37. The maximum atomic E-state index is 9.00. The molecule has 0 amide bonds. The Morgan fingerprint density at radius 3 is 2.44 bits per heavy atom. The molecule has 2 aromatic carbocycles. The molecule has 0 aliphatic rings. The highest BCUT2D eigenvalue weighted by Gasteiger charge is 2.02. The Morgan fingerprint density at radius 1 is 1.00 bits per heavy atom. The summed E-state index contributed by atoms with van der Waals surface area (Å²) in [6, 6.07) is 16.2. The second-order valence-electron chi connectivity index (χ2n) is 4.36. The first kappa shape index (κ1) is 12.7. The molecule has 0 unspecified atom stereocenters. The standard InChI is InChI=1S/C16H18O2/c1-13-6-8-14(9-7-13)12-18-16-5-3-2-4-15(16)10-11-17/h2-9,17H,10-12H2,1H3. The topological polar surface area (TPSA) is 29.5 Å². The van der Waals surface area contributed by atoms with Gasteiger partial charge in [-0.05, 0) is 30.5 Å². The minimum Gasteiger partial charge on any atom is -0.489 e. The minimum absolute atomic E-state index is 0.144. The third kappa shape index (κ3) is 3.34. The van der Waals surface area contributed by atoms with Crippen molar-refractivity contribution in [1.82, 2.24) is 0 Å². The van der Waals surface area contributed by atoms with Crippen LogP contribution >= 0.6 is 0 Å². The second kappa shape index (κ2) is 6.22. The van der Waals surface area contributed by atoms with E-state index in [2.05, 4.69) is 31.2 Å². The lowest BCUT2D eigenvalue weighted by Crippen LogP contribution is -2.00. The summed E-state index contributed by atoms with van der Waals surface area (Å²) in [7, 11) is 0. The van der Waals surface area contributed by atoms with Crippen LogP contribution in [0.25, 0.3) is 0 Å². The van der Waals surface area contributed by atoms with Gasteiger partial charge in [0.25, 0.3) is 0 Å². The number of aliphatic hydroxyl groups excluding tert-OH is 1. The summed E-state index contributed by atoms with van der Waals surface area (Å²) in [5, 5.41) is 9.00. The highest BCUT2D eigenvalue weighted by atomic mass is 16.5. The molecule has 0 fully saturated rings. The van der Waals surface area contributed by atoms with Gasteiger partial charge in [-0.1, -0.05) is 48.0 Å². The van der Waals surface area contributed by atoms with Gasteiger partial charge in [0.1, 0.15) is 12.4 Å². The van der Waals surface area contributed by atoms with Gasteiger partial charge in [0.2, 0.25) is 0 Å². The van der Waals surface area contributed by atoms with E-state index in [-0.39, 0.29) is 6.61 Å². The van der Waals surface area contributed by atoms with Crippen molar-refractivity contribution in [1.29, 1.82) is 0 Å². The van der Waals surface area contributed by atoms with Crippen molar-refractivity contribution in [3.63, 3.8) is 0 Å². The third-order valence-electron chi connectivity index (χ3n) is 2.87. The summed E-state index contributed by atoms with van der Waals surface area (Å²) in [6.45, 7) is 2.77. The first-order chi connectivity index (χ1) is 8.79. The third-order valence-corrected chi connectivity index (χ3v) is 2.87. The number of hydrogen-bond donors (Lipinski definition) is 1. The van der Waals surface area contributed by atoms with E-state index in [1.165, 1.54) is 5.56 Å². The zero-order valence-corrected chi connectivity index (χ0v) is 10.6. The van der Waals surface area contributed by atoms with Crippen LogP contribution in [-0.2, 0) is 13.0 Å². The molecule has 0 saturated heterocycles. The summed E-state index contributed by atoms with van der Waals surface area (Å²) in [6.07, 6.45) is 0.629. The van der Waals surface area contributed by atoms with Gasteiger partial charge >= 0.3 is 0 Å². The predicted octanol–water partition coefficient (Wildman–Crippen LogP) is 3.11. The van der Waals surface area contributed by atoms with Gasteiger partial charge in [-0.3, -0.25) is 0 Å². The number of ether oxygens (including phenoxy) is 1. The van der Waals surface area contributed by atoms with E-state index in [0.29, 0.717) is 13.0 Å². The van der Waals surface area contributed by atoms with E-state index in [0.717, 1.165) is 16.9 Å². The Hall–Kier alpha value is -1.80. The molecule has 0 radical (unpaired) electrons. The van der Waals surface area contributed by atoms with Crippen LogP contribution in [0.1, 0.15) is 16.7 Å². The molecule has 18 heavy (non-hydrogen) atoms. The average Bonchev–Trinajstić information content (AvgIpc) is 2.40. The van der Waals surface area contributed by atoms with Crippen LogP contribution in [0.5, 0.6) is 5.75 Å².